The summed E-state index contributed by atoms with van der Waals surface area (Å²) >= 11 is 0. The Hall–Kier alpha value is 0.137. The summed E-state index contributed by atoms with van der Waals surface area (Å²) in [6.07, 6.45) is 20.7. The van der Waals surface area contributed by atoms with Gasteiger partial charge in [0.2, 0.25) is 0 Å². The maximum atomic E-state index is 6.60. The molecule has 0 aromatic heterocycles. The van der Waals surface area contributed by atoms with E-state index in [1.165, 1.54) is 96.3 Å². The van der Waals surface area contributed by atoms with Crippen LogP contribution in [0.25, 0.3) is 0 Å². The zero-order valence-electron chi connectivity index (χ0n) is 23.7. The van der Waals surface area contributed by atoms with Crippen molar-refractivity contribution >= 4 is 8.56 Å². The van der Waals surface area contributed by atoms with Crippen LogP contribution in [0, 0.1) is 11.8 Å². The first kappa shape index (κ1) is 32.1. The van der Waals surface area contributed by atoms with Gasteiger partial charge in [-0.2, -0.15) is 0 Å². The summed E-state index contributed by atoms with van der Waals surface area (Å²) < 4.78 is 13.2. The first-order chi connectivity index (χ1) is 15.3. The standard InChI is InChI=1S/C29H62O2Si/c1-9-14-15-16-17-18-19-20-21-22-23-24-27(6)25-29(7,8)32(30-12-4,31-13-5)26-28(10-2)11-3/h27-28H,9-26H2,1-8H3. The SMILES string of the molecule is CCCCCCCCCCCCCC(C)CC(C)(C)[Si](CC(CC)CC)(OCC)OCC. The molecule has 0 aliphatic rings. The third-order valence-electron chi connectivity index (χ3n) is 7.66. The van der Waals surface area contributed by atoms with Gasteiger partial charge in [-0.25, -0.2) is 0 Å². The van der Waals surface area contributed by atoms with Crippen molar-refractivity contribution in [1.82, 2.24) is 0 Å². The normalized spacial score (nSPS) is 13.8. The molecule has 0 amide bonds. The molecule has 0 radical (unpaired) electrons. The zero-order valence-corrected chi connectivity index (χ0v) is 24.7. The summed E-state index contributed by atoms with van der Waals surface area (Å²) in [5.41, 5.74) is 0. The van der Waals surface area contributed by atoms with Crippen LogP contribution in [0.2, 0.25) is 11.1 Å². The minimum absolute atomic E-state index is 0.152. The Labute approximate surface area is 205 Å². The lowest BCUT2D eigenvalue weighted by molar-refractivity contribution is 0.143. The summed E-state index contributed by atoms with van der Waals surface area (Å²) in [7, 11) is -2.27. The molecule has 0 aromatic rings. The van der Waals surface area contributed by atoms with Crippen molar-refractivity contribution in [3.8, 4) is 0 Å². The molecule has 32 heavy (non-hydrogen) atoms. The Morgan fingerprint density at radius 2 is 1.09 bits per heavy atom. The molecular weight excluding hydrogens is 408 g/mol. The van der Waals surface area contributed by atoms with Crippen molar-refractivity contribution in [2.75, 3.05) is 13.2 Å². The molecule has 0 spiro atoms. The Balaban J connectivity index is 4.45. The lowest BCUT2D eigenvalue weighted by Crippen LogP contribution is -2.53. The van der Waals surface area contributed by atoms with Gasteiger partial charge in [0.15, 0.2) is 0 Å². The number of hydrogen-bond donors (Lipinski definition) is 0. The molecule has 0 bridgehead atoms. The highest BCUT2D eigenvalue weighted by Gasteiger charge is 2.52. The second kappa shape index (κ2) is 19.4. The van der Waals surface area contributed by atoms with Gasteiger partial charge in [-0.1, -0.05) is 131 Å². The van der Waals surface area contributed by atoms with E-state index in [-0.39, 0.29) is 5.04 Å². The summed E-state index contributed by atoms with van der Waals surface area (Å²) in [6.45, 7) is 20.2. The highest BCUT2D eigenvalue weighted by Crippen LogP contribution is 2.48. The molecule has 0 aliphatic heterocycles. The fourth-order valence-corrected chi connectivity index (χ4v) is 10.1. The van der Waals surface area contributed by atoms with Crippen molar-refractivity contribution in [2.24, 2.45) is 11.8 Å². The maximum Gasteiger partial charge on any atom is 0.344 e. The molecule has 0 rings (SSSR count). The van der Waals surface area contributed by atoms with Crippen LogP contribution < -0.4 is 0 Å². The summed E-state index contributed by atoms with van der Waals surface area (Å²) in [5, 5.41) is 0.152. The molecule has 0 aromatic carbocycles. The highest BCUT2D eigenvalue weighted by atomic mass is 28.4. The molecule has 0 fully saturated rings. The van der Waals surface area contributed by atoms with E-state index in [1.807, 2.05) is 0 Å². The second-order valence-electron chi connectivity index (χ2n) is 11.0. The van der Waals surface area contributed by atoms with E-state index in [0.717, 1.165) is 31.1 Å². The number of rotatable bonds is 23. The Morgan fingerprint density at radius 1 is 0.656 bits per heavy atom. The zero-order chi connectivity index (χ0) is 24.3. The van der Waals surface area contributed by atoms with E-state index < -0.39 is 8.56 Å². The van der Waals surface area contributed by atoms with Crippen molar-refractivity contribution in [1.29, 1.82) is 0 Å². The van der Waals surface area contributed by atoms with E-state index >= 15 is 0 Å². The van der Waals surface area contributed by atoms with Gasteiger partial charge in [-0.3, -0.25) is 0 Å². The van der Waals surface area contributed by atoms with Crippen LogP contribution >= 0.6 is 0 Å². The molecular formula is C29H62O2Si. The fourth-order valence-electron chi connectivity index (χ4n) is 5.54. The molecule has 1 atom stereocenters. The molecule has 2 nitrogen and oxygen atoms in total. The molecule has 0 saturated carbocycles. The van der Waals surface area contributed by atoms with Gasteiger partial charge in [0.25, 0.3) is 0 Å². The number of hydrogen-bond acceptors (Lipinski definition) is 2. The smallest absolute Gasteiger partial charge is 0.344 e. The third kappa shape index (κ3) is 13.1. The number of unbranched alkanes of at least 4 members (excludes halogenated alkanes) is 10. The Kier molecular flexibility index (Phi) is 19.5. The monoisotopic (exact) mass is 470 g/mol. The summed E-state index contributed by atoms with van der Waals surface area (Å²) in [6, 6.07) is 1.15. The molecule has 0 saturated heterocycles. The predicted molar refractivity (Wildman–Crippen MR) is 147 cm³/mol. The van der Waals surface area contributed by atoms with Gasteiger partial charge in [-0.05, 0) is 38.1 Å². The van der Waals surface area contributed by atoms with Gasteiger partial charge in [0, 0.05) is 18.3 Å². The molecule has 1 unspecified atom stereocenters. The minimum Gasteiger partial charge on any atom is -0.394 e. The van der Waals surface area contributed by atoms with Crippen molar-refractivity contribution in [2.45, 2.75) is 163 Å². The second-order valence-corrected chi connectivity index (χ2v) is 14.9. The van der Waals surface area contributed by atoms with Crippen LogP contribution in [0.15, 0.2) is 0 Å². The van der Waals surface area contributed by atoms with E-state index in [9.17, 15) is 0 Å². The van der Waals surface area contributed by atoms with E-state index in [0.29, 0.717) is 0 Å². The van der Waals surface area contributed by atoms with E-state index in [4.69, 9.17) is 8.85 Å². The van der Waals surface area contributed by atoms with Crippen LogP contribution in [-0.2, 0) is 8.85 Å². The minimum atomic E-state index is -2.27. The maximum absolute atomic E-state index is 6.60. The average Bonchev–Trinajstić information content (AvgIpc) is 2.75. The van der Waals surface area contributed by atoms with Gasteiger partial charge in [0.05, 0.1) is 0 Å². The summed E-state index contributed by atoms with van der Waals surface area (Å²) in [4.78, 5) is 0. The molecule has 0 heterocycles. The van der Waals surface area contributed by atoms with Crippen LogP contribution in [0.4, 0.5) is 0 Å². The van der Waals surface area contributed by atoms with Crippen molar-refractivity contribution in [3.05, 3.63) is 0 Å². The Bertz CT molecular complexity index is 400. The third-order valence-corrected chi connectivity index (χ3v) is 12.5. The molecule has 3 heteroatoms. The topological polar surface area (TPSA) is 18.5 Å². The molecule has 0 aliphatic carbocycles. The summed E-state index contributed by atoms with van der Waals surface area (Å²) in [5.74, 6) is 1.47. The van der Waals surface area contributed by atoms with Gasteiger partial charge >= 0.3 is 8.56 Å². The van der Waals surface area contributed by atoms with Crippen LogP contribution in [0.1, 0.15) is 152 Å². The van der Waals surface area contributed by atoms with Crippen LogP contribution in [0.3, 0.4) is 0 Å². The van der Waals surface area contributed by atoms with Gasteiger partial charge in [0.1, 0.15) is 0 Å². The lowest BCUT2D eigenvalue weighted by atomic mass is 9.92. The van der Waals surface area contributed by atoms with Gasteiger partial charge < -0.3 is 8.85 Å². The quantitative estimate of drug-likeness (QED) is 0.109. The van der Waals surface area contributed by atoms with Crippen molar-refractivity contribution < 1.29 is 8.85 Å². The average molecular weight is 471 g/mol. The van der Waals surface area contributed by atoms with Crippen LogP contribution in [-0.4, -0.2) is 21.8 Å². The Morgan fingerprint density at radius 3 is 1.50 bits per heavy atom. The van der Waals surface area contributed by atoms with E-state index in [2.05, 4.69) is 55.4 Å². The highest BCUT2D eigenvalue weighted by molar-refractivity contribution is 6.70. The van der Waals surface area contributed by atoms with Crippen LogP contribution in [0.5, 0.6) is 0 Å². The fraction of sp³-hybridized carbons (Fsp3) is 1.00. The predicted octanol–water partition coefficient (Wildman–Crippen LogP) is 10.4. The first-order valence-corrected chi connectivity index (χ1v) is 16.6. The van der Waals surface area contributed by atoms with Gasteiger partial charge in [-0.15, -0.1) is 0 Å². The molecule has 0 N–H and O–H groups in total. The first-order valence-electron chi connectivity index (χ1n) is 14.6. The van der Waals surface area contributed by atoms with Crippen molar-refractivity contribution in [3.63, 3.8) is 0 Å². The van der Waals surface area contributed by atoms with E-state index in [1.54, 1.807) is 0 Å². The lowest BCUT2D eigenvalue weighted by Gasteiger charge is -2.45. The largest absolute Gasteiger partial charge is 0.394 e. The molecule has 194 valence electrons.